The molecule has 0 aromatic carbocycles. The van der Waals surface area contributed by atoms with Crippen LogP contribution in [0.4, 0.5) is 0 Å². The number of hydrogen-bond acceptors (Lipinski definition) is 3. The van der Waals surface area contributed by atoms with Gasteiger partial charge in [-0.2, -0.15) is 0 Å². The summed E-state index contributed by atoms with van der Waals surface area (Å²) in [6.07, 6.45) is 2.39. The lowest BCUT2D eigenvalue weighted by atomic mass is 10.1. The van der Waals surface area contributed by atoms with E-state index in [-0.39, 0.29) is 11.6 Å². The van der Waals surface area contributed by atoms with Crippen molar-refractivity contribution in [2.24, 2.45) is 0 Å². The van der Waals surface area contributed by atoms with E-state index in [0.717, 1.165) is 6.42 Å². The van der Waals surface area contributed by atoms with Gasteiger partial charge in [0.2, 0.25) is 0 Å². The molecule has 13 heavy (non-hydrogen) atoms. The van der Waals surface area contributed by atoms with Crippen molar-refractivity contribution in [2.75, 3.05) is 0 Å². The van der Waals surface area contributed by atoms with Crippen LogP contribution in [0.5, 0.6) is 0 Å². The largest absolute Gasteiger partial charge is 0.477 e. The first-order valence-corrected chi connectivity index (χ1v) is 4.21. The second-order valence-corrected chi connectivity index (χ2v) is 2.91. The Bertz CT molecular complexity index is 312. The molecule has 1 aromatic heterocycles. The second kappa shape index (κ2) is 3.98. The molecule has 0 radical (unpaired) electrons. The first-order chi connectivity index (χ1) is 6.15. The molecule has 0 spiro atoms. The minimum absolute atomic E-state index is 0.0605. The summed E-state index contributed by atoms with van der Waals surface area (Å²) in [5.41, 5.74) is 0.0605. The summed E-state index contributed by atoms with van der Waals surface area (Å²) < 4.78 is 0. The van der Waals surface area contributed by atoms with Gasteiger partial charge >= 0.3 is 5.97 Å². The number of aromatic nitrogens is 2. The van der Waals surface area contributed by atoms with E-state index in [9.17, 15) is 4.79 Å². The highest BCUT2D eigenvalue weighted by Crippen LogP contribution is 2.13. The van der Waals surface area contributed by atoms with Gasteiger partial charge in [0.25, 0.3) is 0 Å². The molecule has 0 saturated heterocycles. The van der Waals surface area contributed by atoms with Gasteiger partial charge in [0.1, 0.15) is 5.82 Å². The minimum Gasteiger partial charge on any atom is -0.477 e. The van der Waals surface area contributed by atoms with Crippen LogP contribution in [-0.4, -0.2) is 21.0 Å². The molecule has 1 atom stereocenters. The van der Waals surface area contributed by atoms with Gasteiger partial charge in [-0.05, 0) is 12.5 Å². The monoisotopic (exact) mass is 180 g/mol. The molecule has 0 saturated carbocycles. The maximum absolute atomic E-state index is 10.6. The van der Waals surface area contributed by atoms with Crippen LogP contribution in [0.25, 0.3) is 0 Å². The third-order valence-electron chi connectivity index (χ3n) is 1.95. The zero-order valence-electron chi connectivity index (χ0n) is 7.69. The molecule has 0 aliphatic carbocycles. The molecule has 1 rings (SSSR count). The standard InChI is InChI=1S/C9H12N2O2/c1-3-6(2)8-10-5-4-7(11-8)9(12)13/h4-6H,3H2,1-2H3,(H,12,13). The summed E-state index contributed by atoms with van der Waals surface area (Å²) in [5.74, 6) is -0.200. The Kier molecular flexibility index (Phi) is 2.95. The van der Waals surface area contributed by atoms with E-state index in [0.29, 0.717) is 5.82 Å². The van der Waals surface area contributed by atoms with Gasteiger partial charge in [-0.25, -0.2) is 14.8 Å². The van der Waals surface area contributed by atoms with Crippen molar-refractivity contribution in [3.8, 4) is 0 Å². The van der Waals surface area contributed by atoms with Crippen molar-refractivity contribution >= 4 is 5.97 Å². The van der Waals surface area contributed by atoms with Gasteiger partial charge < -0.3 is 5.11 Å². The van der Waals surface area contributed by atoms with Crippen molar-refractivity contribution in [1.29, 1.82) is 0 Å². The van der Waals surface area contributed by atoms with Crippen LogP contribution in [0.1, 0.15) is 42.5 Å². The van der Waals surface area contributed by atoms with Gasteiger partial charge in [0, 0.05) is 12.1 Å². The van der Waals surface area contributed by atoms with Crippen LogP contribution >= 0.6 is 0 Å². The number of aromatic carboxylic acids is 1. The molecule has 1 heterocycles. The number of carboxylic acid groups (broad SMARTS) is 1. The first kappa shape index (κ1) is 9.64. The molecule has 0 fully saturated rings. The zero-order chi connectivity index (χ0) is 9.84. The average Bonchev–Trinajstić information content (AvgIpc) is 2.17. The van der Waals surface area contributed by atoms with Gasteiger partial charge in [0.15, 0.2) is 5.69 Å². The highest BCUT2D eigenvalue weighted by Gasteiger charge is 2.09. The molecule has 1 N–H and O–H groups in total. The van der Waals surface area contributed by atoms with Gasteiger partial charge in [-0.15, -0.1) is 0 Å². The molecule has 0 amide bonds. The lowest BCUT2D eigenvalue weighted by Crippen LogP contribution is -2.06. The Hall–Kier alpha value is -1.45. The number of nitrogens with zero attached hydrogens (tertiary/aromatic N) is 2. The molecule has 1 unspecified atom stereocenters. The SMILES string of the molecule is CCC(C)c1nccc(C(=O)O)n1. The van der Waals surface area contributed by atoms with E-state index in [1.807, 2.05) is 13.8 Å². The number of carboxylic acids is 1. The van der Waals surface area contributed by atoms with E-state index in [1.165, 1.54) is 12.3 Å². The van der Waals surface area contributed by atoms with Crippen molar-refractivity contribution in [3.63, 3.8) is 0 Å². The van der Waals surface area contributed by atoms with Crippen molar-refractivity contribution < 1.29 is 9.90 Å². The highest BCUT2D eigenvalue weighted by molar-refractivity contribution is 5.85. The molecule has 4 nitrogen and oxygen atoms in total. The summed E-state index contributed by atoms with van der Waals surface area (Å²) in [7, 11) is 0. The maximum Gasteiger partial charge on any atom is 0.354 e. The zero-order valence-corrected chi connectivity index (χ0v) is 7.69. The molecular formula is C9H12N2O2. The van der Waals surface area contributed by atoms with Crippen LogP contribution in [-0.2, 0) is 0 Å². The summed E-state index contributed by atoms with van der Waals surface area (Å²) in [6, 6.07) is 1.40. The van der Waals surface area contributed by atoms with Crippen LogP contribution in [0.15, 0.2) is 12.3 Å². The molecule has 0 aliphatic rings. The van der Waals surface area contributed by atoms with Crippen LogP contribution in [0, 0.1) is 0 Å². The van der Waals surface area contributed by atoms with Gasteiger partial charge in [-0.3, -0.25) is 0 Å². The van der Waals surface area contributed by atoms with Crippen LogP contribution in [0.2, 0.25) is 0 Å². The predicted molar refractivity (Wildman–Crippen MR) is 47.7 cm³/mol. The second-order valence-electron chi connectivity index (χ2n) is 2.91. The quantitative estimate of drug-likeness (QED) is 0.768. The van der Waals surface area contributed by atoms with E-state index < -0.39 is 5.97 Å². The third kappa shape index (κ3) is 2.24. The smallest absolute Gasteiger partial charge is 0.354 e. The molecule has 0 bridgehead atoms. The van der Waals surface area contributed by atoms with Crippen LogP contribution < -0.4 is 0 Å². The highest BCUT2D eigenvalue weighted by atomic mass is 16.4. The number of rotatable bonds is 3. The number of hydrogen-bond donors (Lipinski definition) is 1. The Morgan fingerprint density at radius 2 is 2.38 bits per heavy atom. The van der Waals surface area contributed by atoms with Crippen molar-refractivity contribution in [1.82, 2.24) is 9.97 Å². The van der Waals surface area contributed by atoms with Crippen LogP contribution in [0.3, 0.4) is 0 Å². The fourth-order valence-electron chi connectivity index (χ4n) is 0.913. The predicted octanol–water partition coefficient (Wildman–Crippen LogP) is 1.69. The Morgan fingerprint density at radius 1 is 1.69 bits per heavy atom. The summed E-state index contributed by atoms with van der Waals surface area (Å²) in [5, 5.41) is 8.67. The fourth-order valence-corrected chi connectivity index (χ4v) is 0.913. The Labute approximate surface area is 76.7 Å². The molecule has 1 aromatic rings. The maximum atomic E-state index is 10.6. The third-order valence-corrected chi connectivity index (χ3v) is 1.95. The average molecular weight is 180 g/mol. The number of carbonyl (C=O) groups is 1. The summed E-state index contributed by atoms with van der Waals surface area (Å²) >= 11 is 0. The lowest BCUT2D eigenvalue weighted by Gasteiger charge is -2.06. The topological polar surface area (TPSA) is 63.1 Å². The Balaban J connectivity index is 2.98. The van der Waals surface area contributed by atoms with E-state index >= 15 is 0 Å². The molecule has 70 valence electrons. The lowest BCUT2D eigenvalue weighted by molar-refractivity contribution is 0.0690. The van der Waals surface area contributed by atoms with E-state index in [4.69, 9.17) is 5.11 Å². The first-order valence-electron chi connectivity index (χ1n) is 4.21. The Morgan fingerprint density at radius 3 is 2.92 bits per heavy atom. The fraction of sp³-hybridized carbons (Fsp3) is 0.444. The summed E-state index contributed by atoms with van der Waals surface area (Å²) in [4.78, 5) is 18.5. The van der Waals surface area contributed by atoms with E-state index in [2.05, 4.69) is 9.97 Å². The molecular weight excluding hydrogens is 168 g/mol. The van der Waals surface area contributed by atoms with Crippen molar-refractivity contribution in [2.45, 2.75) is 26.2 Å². The van der Waals surface area contributed by atoms with Gasteiger partial charge in [0.05, 0.1) is 0 Å². The van der Waals surface area contributed by atoms with Gasteiger partial charge in [-0.1, -0.05) is 13.8 Å². The van der Waals surface area contributed by atoms with E-state index in [1.54, 1.807) is 0 Å². The minimum atomic E-state index is -1.01. The summed E-state index contributed by atoms with van der Waals surface area (Å²) in [6.45, 7) is 3.99. The molecule has 4 heteroatoms. The molecule has 0 aliphatic heterocycles. The van der Waals surface area contributed by atoms with Crippen molar-refractivity contribution in [3.05, 3.63) is 23.8 Å². The normalized spacial score (nSPS) is 12.5.